The quantitative estimate of drug-likeness (QED) is 0.762. The molecule has 0 atom stereocenters. The van der Waals surface area contributed by atoms with Crippen molar-refractivity contribution in [3.05, 3.63) is 52.9 Å². The number of furan rings is 1. The molecule has 1 aliphatic rings. The molecule has 25 heavy (non-hydrogen) atoms. The highest BCUT2D eigenvalue weighted by molar-refractivity contribution is 8.18. The Kier molecular flexibility index (Phi) is 5.06. The number of imide groups is 1. The summed E-state index contributed by atoms with van der Waals surface area (Å²) in [4.78, 5) is 27.8. The van der Waals surface area contributed by atoms with Crippen molar-refractivity contribution in [2.45, 2.75) is 0 Å². The number of hydrogen-bond donors (Lipinski definition) is 0. The molecular formula is C18H17FN2O3S. The Morgan fingerprint density at radius 3 is 2.68 bits per heavy atom. The molecule has 1 aromatic carbocycles. The van der Waals surface area contributed by atoms with Crippen LogP contribution in [0, 0.1) is 5.82 Å². The molecule has 0 bridgehead atoms. The topological polar surface area (TPSA) is 53.8 Å². The lowest BCUT2D eigenvalue weighted by Gasteiger charge is -2.15. The standard InChI is InChI=1S/C18H17FN2O3S/c1-20(2)9-10-21-17(22)16(25-18(21)23)11-12-7-8-15(24-12)13-5-3-4-6-14(13)19/h3-8,11H,9-10H2,1-2H3/b16-11-. The van der Waals surface area contributed by atoms with E-state index in [4.69, 9.17) is 4.42 Å². The van der Waals surface area contributed by atoms with Crippen molar-refractivity contribution in [1.29, 1.82) is 0 Å². The number of benzene rings is 1. The van der Waals surface area contributed by atoms with Gasteiger partial charge in [-0.25, -0.2) is 4.39 Å². The van der Waals surface area contributed by atoms with E-state index in [1.807, 2.05) is 19.0 Å². The zero-order valence-corrected chi connectivity index (χ0v) is 14.7. The molecule has 1 aliphatic heterocycles. The van der Waals surface area contributed by atoms with Crippen molar-refractivity contribution in [3.63, 3.8) is 0 Å². The van der Waals surface area contributed by atoms with Crippen LogP contribution >= 0.6 is 11.8 Å². The minimum absolute atomic E-state index is 0.293. The largest absolute Gasteiger partial charge is 0.457 e. The molecule has 130 valence electrons. The third-order valence-corrected chi connectivity index (χ3v) is 4.59. The van der Waals surface area contributed by atoms with E-state index in [-0.39, 0.29) is 17.0 Å². The van der Waals surface area contributed by atoms with Crippen molar-refractivity contribution in [2.24, 2.45) is 0 Å². The van der Waals surface area contributed by atoms with E-state index in [1.165, 1.54) is 17.0 Å². The van der Waals surface area contributed by atoms with Gasteiger partial charge >= 0.3 is 0 Å². The van der Waals surface area contributed by atoms with Gasteiger partial charge in [-0.3, -0.25) is 14.5 Å². The fraction of sp³-hybridized carbons (Fsp3) is 0.222. The molecule has 1 fully saturated rings. The number of nitrogens with zero attached hydrogens (tertiary/aromatic N) is 2. The fourth-order valence-corrected chi connectivity index (χ4v) is 3.20. The molecule has 0 saturated carbocycles. The Balaban J connectivity index is 1.79. The van der Waals surface area contributed by atoms with Crippen LogP contribution in [0.4, 0.5) is 9.18 Å². The first-order chi connectivity index (χ1) is 12.0. The molecular weight excluding hydrogens is 343 g/mol. The molecule has 0 spiro atoms. The zero-order chi connectivity index (χ0) is 18.0. The Morgan fingerprint density at radius 1 is 1.20 bits per heavy atom. The van der Waals surface area contributed by atoms with Gasteiger partial charge in [0.25, 0.3) is 11.1 Å². The van der Waals surface area contributed by atoms with E-state index >= 15 is 0 Å². The Hall–Kier alpha value is -2.38. The summed E-state index contributed by atoms with van der Waals surface area (Å²) in [6, 6.07) is 9.58. The number of carbonyl (C=O) groups excluding carboxylic acids is 2. The molecule has 1 saturated heterocycles. The maximum absolute atomic E-state index is 13.8. The Labute approximate surface area is 149 Å². The number of hydrogen-bond acceptors (Lipinski definition) is 5. The average Bonchev–Trinajstić information content (AvgIpc) is 3.12. The van der Waals surface area contributed by atoms with Crippen LogP contribution in [0.5, 0.6) is 0 Å². The number of rotatable bonds is 5. The monoisotopic (exact) mass is 360 g/mol. The van der Waals surface area contributed by atoms with Gasteiger partial charge in [0.05, 0.1) is 10.5 Å². The number of likely N-dealkylation sites (N-methyl/N-ethyl adjacent to an activating group) is 1. The molecule has 2 aromatic rings. The summed E-state index contributed by atoms with van der Waals surface area (Å²) in [6.45, 7) is 0.942. The zero-order valence-electron chi connectivity index (χ0n) is 13.9. The van der Waals surface area contributed by atoms with Crippen LogP contribution in [-0.2, 0) is 4.79 Å². The lowest BCUT2D eigenvalue weighted by Crippen LogP contribution is -2.34. The number of carbonyl (C=O) groups is 2. The second-order valence-corrected chi connectivity index (χ2v) is 6.81. The molecule has 3 rings (SSSR count). The summed E-state index contributed by atoms with van der Waals surface area (Å²) < 4.78 is 19.4. The van der Waals surface area contributed by atoms with Crippen molar-refractivity contribution < 1.29 is 18.4 Å². The minimum atomic E-state index is -0.382. The molecule has 2 amide bonds. The summed E-state index contributed by atoms with van der Waals surface area (Å²) in [7, 11) is 3.75. The van der Waals surface area contributed by atoms with Crippen LogP contribution < -0.4 is 0 Å². The second kappa shape index (κ2) is 7.25. The normalized spacial score (nSPS) is 16.5. The maximum Gasteiger partial charge on any atom is 0.293 e. The molecule has 7 heteroatoms. The van der Waals surface area contributed by atoms with Crippen LogP contribution in [0.25, 0.3) is 17.4 Å². The smallest absolute Gasteiger partial charge is 0.293 e. The molecule has 0 aliphatic carbocycles. The molecule has 1 aromatic heterocycles. The van der Waals surface area contributed by atoms with Gasteiger partial charge in [0.1, 0.15) is 17.3 Å². The van der Waals surface area contributed by atoms with E-state index < -0.39 is 0 Å². The average molecular weight is 360 g/mol. The Morgan fingerprint density at radius 2 is 1.96 bits per heavy atom. The molecule has 5 nitrogen and oxygen atoms in total. The van der Waals surface area contributed by atoms with E-state index in [0.29, 0.717) is 35.1 Å². The van der Waals surface area contributed by atoms with Crippen molar-refractivity contribution >= 4 is 29.0 Å². The van der Waals surface area contributed by atoms with Gasteiger partial charge < -0.3 is 9.32 Å². The van der Waals surface area contributed by atoms with Gasteiger partial charge in [0.2, 0.25) is 0 Å². The lowest BCUT2D eigenvalue weighted by molar-refractivity contribution is -0.122. The first-order valence-corrected chi connectivity index (χ1v) is 8.52. The highest BCUT2D eigenvalue weighted by atomic mass is 32.2. The maximum atomic E-state index is 13.8. The first-order valence-electron chi connectivity index (χ1n) is 7.70. The van der Waals surface area contributed by atoms with Gasteiger partial charge in [-0.2, -0.15) is 0 Å². The van der Waals surface area contributed by atoms with Crippen LogP contribution in [0.15, 0.2) is 45.7 Å². The molecule has 0 radical (unpaired) electrons. The van der Waals surface area contributed by atoms with Crippen LogP contribution in [0.3, 0.4) is 0 Å². The third-order valence-electron chi connectivity index (χ3n) is 3.68. The van der Waals surface area contributed by atoms with Gasteiger partial charge in [-0.15, -0.1) is 0 Å². The SMILES string of the molecule is CN(C)CCN1C(=O)S/C(=C\c2ccc(-c3ccccc3F)o2)C1=O. The molecule has 0 unspecified atom stereocenters. The first kappa shape index (κ1) is 17.4. The fourth-order valence-electron chi connectivity index (χ4n) is 2.36. The van der Waals surface area contributed by atoms with Crippen LogP contribution in [0.1, 0.15) is 5.76 Å². The predicted molar refractivity (Wildman–Crippen MR) is 95.3 cm³/mol. The van der Waals surface area contributed by atoms with E-state index in [2.05, 4.69) is 0 Å². The van der Waals surface area contributed by atoms with Crippen molar-refractivity contribution in [2.75, 3.05) is 27.2 Å². The summed E-state index contributed by atoms with van der Waals surface area (Å²) in [5.74, 6) is 0.0562. The van der Waals surface area contributed by atoms with Gasteiger partial charge in [-0.1, -0.05) is 12.1 Å². The van der Waals surface area contributed by atoms with E-state index in [9.17, 15) is 14.0 Å². The summed E-state index contributed by atoms with van der Waals surface area (Å²) in [6.07, 6.45) is 1.52. The minimum Gasteiger partial charge on any atom is -0.457 e. The summed E-state index contributed by atoms with van der Waals surface area (Å²) in [5.41, 5.74) is 0.348. The van der Waals surface area contributed by atoms with Crippen LogP contribution in [0.2, 0.25) is 0 Å². The van der Waals surface area contributed by atoms with Gasteiger partial charge in [0.15, 0.2) is 0 Å². The Bertz CT molecular complexity index is 844. The number of thioether (sulfide) groups is 1. The van der Waals surface area contributed by atoms with E-state index in [0.717, 1.165) is 11.8 Å². The highest BCUT2D eigenvalue weighted by Crippen LogP contribution is 2.33. The lowest BCUT2D eigenvalue weighted by atomic mass is 10.1. The van der Waals surface area contributed by atoms with Gasteiger partial charge in [0, 0.05) is 19.2 Å². The molecule has 2 heterocycles. The third kappa shape index (κ3) is 3.83. The summed E-state index contributed by atoms with van der Waals surface area (Å²) >= 11 is 0.882. The van der Waals surface area contributed by atoms with Crippen molar-refractivity contribution in [1.82, 2.24) is 9.80 Å². The van der Waals surface area contributed by atoms with Crippen LogP contribution in [-0.4, -0.2) is 48.1 Å². The number of amides is 2. The van der Waals surface area contributed by atoms with E-state index in [1.54, 1.807) is 30.3 Å². The highest BCUT2D eigenvalue weighted by Gasteiger charge is 2.34. The summed E-state index contributed by atoms with van der Waals surface area (Å²) in [5, 5.41) is -0.293. The van der Waals surface area contributed by atoms with Gasteiger partial charge in [-0.05, 0) is 50.1 Å². The van der Waals surface area contributed by atoms with Crippen molar-refractivity contribution in [3.8, 4) is 11.3 Å². The predicted octanol–water partition coefficient (Wildman–Crippen LogP) is 3.68. The molecule has 0 N–H and O–H groups in total. The second-order valence-electron chi connectivity index (χ2n) is 5.82. The number of halogens is 1.